The average molecular weight is 354 g/mol. The average Bonchev–Trinajstić information content (AvgIpc) is 3.21. The number of amides is 1. The van der Waals surface area contributed by atoms with Gasteiger partial charge in [-0.1, -0.05) is 0 Å². The minimum atomic E-state index is 0.0779. The van der Waals surface area contributed by atoms with E-state index in [-0.39, 0.29) is 11.8 Å². The van der Waals surface area contributed by atoms with Crippen molar-refractivity contribution < 1.29 is 4.79 Å². The van der Waals surface area contributed by atoms with Gasteiger partial charge < -0.3 is 9.80 Å². The second kappa shape index (κ2) is 5.52. The number of nitrogens with zero attached hydrogens (tertiary/aromatic N) is 6. The summed E-state index contributed by atoms with van der Waals surface area (Å²) in [5.74, 6) is 0.323. The minimum Gasteiger partial charge on any atom is -0.346 e. The van der Waals surface area contributed by atoms with Crippen LogP contribution in [-0.4, -0.2) is 50.0 Å². The lowest BCUT2D eigenvalue weighted by molar-refractivity contribution is -0.137. The van der Waals surface area contributed by atoms with Crippen molar-refractivity contribution in [2.75, 3.05) is 24.5 Å². The molecule has 7 nitrogen and oxygen atoms in total. The van der Waals surface area contributed by atoms with E-state index in [2.05, 4.69) is 20.0 Å². The molecule has 5 rings (SSSR count). The first-order valence-electron chi connectivity index (χ1n) is 8.45. The fraction of sp³-hybridized carbons (Fsp3) is 0.412. The number of anilines is 1. The van der Waals surface area contributed by atoms with Gasteiger partial charge in [0, 0.05) is 62.0 Å². The fourth-order valence-corrected chi connectivity index (χ4v) is 4.33. The number of aromatic nitrogens is 4. The molecule has 1 saturated heterocycles. The van der Waals surface area contributed by atoms with Crippen molar-refractivity contribution in [2.24, 2.45) is 5.92 Å². The van der Waals surface area contributed by atoms with Crippen LogP contribution < -0.4 is 4.90 Å². The Hall–Kier alpha value is -2.48. The number of carbonyl (C=O) groups is 1. The minimum absolute atomic E-state index is 0.0779. The van der Waals surface area contributed by atoms with E-state index < -0.39 is 0 Å². The zero-order chi connectivity index (χ0) is 17.0. The third-order valence-corrected chi connectivity index (χ3v) is 5.84. The van der Waals surface area contributed by atoms with Gasteiger partial charge in [-0.05, 0) is 6.92 Å². The Morgan fingerprint density at radius 3 is 3.00 bits per heavy atom. The third kappa shape index (κ3) is 2.39. The van der Waals surface area contributed by atoms with Crippen LogP contribution in [-0.2, 0) is 17.8 Å². The first-order valence-corrected chi connectivity index (χ1v) is 9.33. The van der Waals surface area contributed by atoms with Crippen molar-refractivity contribution in [3.05, 3.63) is 40.8 Å². The summed E-state index contributed by atoms with van der Waals surface area (Å²) >= 11 is 1.62. The summed E-state index contributed by atoms with van der Waals surface area (Å²) in [6, 6.07) is 1.99. The molecule has 128 valence electrons. The van der Waals surface area contributed by atoms with Crippen LogP contribution in [0.3, 0.4) is 0 Å². The molecule has 0 unspecified atom stereocenters. The first-order chi connectivity index (χ1) is 12.2. The van der Waals surface area contributed by atoms with Crippen LogP contribution in [0.1, 0.15) is 17.0 Å². The van der Waals surface area contributed by atoms with E-state index in [0.29, 0.717) is 6.54 Å². The van der Waals surface area contributed by atoms with Crippen LogP contribution in [0.15, 0.2) is 23.8 Å². The van der Waals surface area contributed by atoms with Crippen molar-refractivity contribution in [3.8, 4) is 0 Å². The molecule has 25 heavy (non-hydrogen) atoms. The number of fused-ring (bicyclic) bond motifs is 3. The third-order valence-electron chi connectivity index (χ3n) is 5.00. The van der Waals surface area contributed by atoms with E-state index in [0.717, 1.165) is 48.1 Å². The molecule has 1 fully saturated rings. The fourth-order valence-electron chi connectivity index (χ4n) is 3.66. The molecule has 1 amide bonds. The Morgan fingerprint density at radius 2 is 2.20 bits per heavy atom. The van der Waals surface area contributed by atoms with E-state index in [4.69, 9.17) is 0 Å². The number of aryl methyl sites for hydroxylation is 1. The lowest BCUT2D eigenvalue weighted by atomic mass is 9.97. The van der Waals surface area contributed by atoms with Gasteiger partial charge in [-0.25, -0.2) is 14.5 Å². The highest BCUT2D eigenvalue weighted by atomic mass is 32.1. The molecule has 2 aliphatic heterocycles. The molecular formula is C17H18N6OS. The predicted octanol–water partition coefficient (Wildman–Crippen LogP) is 1.52. The van der Waals surface area contributed by atoms with E-state index >= 15 is 0 Å². The van der Waals surface area contributed by atoms with E-state index in [1.54, 1.807) is 17.5 Å². The summed E-state index contributed by atoms with van der Waals surface area (Å²) in [4.78, 5) is 25.7. The number of rotatable bonds is 2. The highest BCUT2D eigenvalue weighted by Gasteiger charge is 2.37. The molecule has 5 heterocycles. The van der Waals surface area contributed by atoms with Crippen molar-refractivity contribution in [1.82, 2.24) is 24.5 Å². The van der Waals surface area contributed by atoms with Gasteiger partial charge in [0.1, 0.15) is 0 Å². The highest BCUT2D eigenvalue weighted by Crippen LogP contribution is 2.29. The second-order valence-electron chi connectivity index (χ2n) is 6.71. The van der Waals surface area contributed by atoms with Crippen LogP contribution in [0.4, 0.5) is 5.13 Å². The number of hydrogen-bond acceptors (Lipinski definition) is 6. The van der Waals surface area contributed by atoms with Gasteiger partial charge in [-0.15, -0.1) is 11.3 Å². The Bertz CT molecular complexity index is 944. The summed E-state index contributed by atoms with van der Waals surface area (Å²) in [6.07, 6.45) is 4.53. The van der Waals surface area contributed by atoms with Crippen molar-refractivity contribution in [3.63, 3.8) is 0 Å². The molecule has 0 spiro atoms. The second-order valence-corrected chi connectivity index (χ2v) is 7.59. The molecule has 0 bridgehead atoms. The summed E-state index contributed by atoms with van der Waals surface area (Å²) in [5.41, 5.74) is 4.14. The monoisotopic (exact) mass is 354 g/mol. The molecule has 0 saturated carbocycles. The lowest BCUT2D eigenvalue weighted by Gasteiger charge is -2.41. The maximum Gasteiger partial charge on any atom is 0.229 e. The van der Waals surface area contributed by atoms with Crippen LogP contribution in [0.2, 0.25) is 0 Å². The summed E-state index contributed by atoms with van der Waals surface area (Å²) in [5, 5.41) is 7.51. The molecule has 0 aliphatic carbocycles. The number of thiazole rings is 1. The maximum absolute atomic E-state index is 12.8. The molecule has 8 heteroatoms. The summed E-state index contributed by atoms with van der Waals surface area (Å²) < 4.78 is 1.93. The Morgan fingerprint density at radius 1 is 1.32 bits per heavy atom. The largest absolute Gasteiger partial charge is 0.346 e. The van der Waals surface area contributed by atoms with Gasteiger partial charge in [-0.2, -0.15) is 5.10 Å². The number of hydrogen-bond donors (Lipinski definition) is 0. The zero-order valence-corrected chi connectivity index (χ0v) is 14.7. The van der Waals surface area contributed by atoms with Gasteiger partial charge in [0.15, 0.2) is 10.8 Å². The molecule has 0 N–H and O–H groups in total. The van der Waals surface area contributed by atoms with Gasteiger partial charge in [0.05, 0.1) is 17.3 Å². The van der Waals surface area contributed by atoms with E-state index in [1.165, 1.54) is 5.69 Å². The molecular weight excluding hydrogens is 336 g/mol. The van der Waals surface area contributed by atoms with Crippen LogP contribution in [0.5, 0.6) is 0 Å². The van der Waals surface area contributed by atoms with Crippen LogP contribution >= 0.6 is 11.3 Å². The molecule has 0 radical (unpaired) electrons. The Kier molecular flexibility index (Phi) is 3.27. The standard InChI is InChI=1S/C17H18N6OS/c1-11-6-15-19-7-12-8-21(4-2-14(12)23(15)20-11)16(24)13-9-22(10-13)17-18-3-5-25-17/h3,5-7,13H,2,4,8-10H2,1H3. The Labute approximate surface area is 148 Å². The van der Waals surface area contributed by atoms with Crippen LogP contribution in [0, 0.1) is 12.8 Å². The maximum atomic E-state index is 12.8. The smallest absolute Gasteiger partial charge is 0.229 e. The first kappa shape index (κ1) is 14.8. The van der Waals surface area contributed by atoms with Crippen molar-refractivity contribution in [1.29, 1.82) is 0 Å². The zero-order valence-electron chi connectivity index (χ0n) is 13.9. The van der Waals surface area contributed by atoms with E-state index in [1.807, 2.05) is 34.0 Å². The topological polar surface area (TPSA) is 66.6 Å². The van der Waals surface area contributed by atoms with Gasteiger partial charge in [0.25, 0.3) is 0 Å². The van der Waals surface area contributed by atoms with Crippen LogP contribution in [0.25, 0.3) is 5.65 Å². The molecule has 2 aliphatic rings. The SMILES string of the molecule is Cc1cc2ncc3c(n2n1)CCN(C(=O)C1CN(c2nccs2)C1)C3. The van der Waals surface area contributed by atoms with Crippen molar-refractivity contribution >= 4 is 28.0 Å². The predicted molar refractivity (Wildman–Crippen MR) is 94.7 cm³/mol. The molecule has 0 aromatic carbocycles. The van der Waals surface area contributed by atoms with Crippen molar-refractivity contribution in [2.45, 2.75) is 19.9 Å². The molecule has 0 atom stereocenters. The number of carbonyl (C=O) groups excluding carboxylic acids is 1. The van der Waals surface area contributed by atoms with Gasteiger partial charge >= 0.3 is 0 Å². The normalized spacial score (nSPS) is 17.6. The highest BCUT2D eigenvalue weighted by molar-refractivity contribution is 7.13. The summed E-state index contributed by atoms with van der Waals surface area (Å²) in [7, 11) is 0. The Balaban J connectivity index is 1.31. The van der Waals surface area contributed by atoms with E-state index in [9.17, 15) is 4.79 Å². The van der Waals surface area contributed by atoms with Gasteiger partial charge in [0.2, 0.25) is 5.91 Å². The molecule has 3 aromatic rings. The molecule has 3 aromatic heterocycles. The quantitative estimate of drug-likeness (QED) is 0.698. The summed E-state index contributed by atoms with van der Waals surface area (Å²) in [6.45, 7) is 4.89. The van der Waals surface area contributed by atoms with Gasteiger partial charge in [-0.3, -0.25) is 4.79 Å². The lowest BCUT2D eigenvalue weighted by Crippen LogP contribution is -2.55.